The van der Waals surface area contributed by atoms with Gasteiger partial charge in [0.15, 0.2) is 7.83 Å². The molecule has 1 unspecified atom stereocenters. The number of carbonyl (C=O) groups excluding carboxylic acids is 1. The van der Waals surface area contributed by atoms with Gasteiger partial charge in [-0.3, -0.25) is 0 Å². The van der Waals surface area contributed by atoms with Crippen LogP contribution in [0.3, 0.4) is 0 Å². The summed E-state index contributed by atoms with van der Waals surface area (Å²) in [6.45, 7) is 14.5. The zero-order valence-corrected chi connectivity index (χ0v) is 12.9. The van der Waals surface area contributed by atoms with E-state index in [0.717, 1.165) is 12.5 Å². The van der Waals surface area contributed by atoms with Crippen LogP contribution < -0.4 is 0 Å². The maximum Gasteiger partial charge on any atom is 0.332 e. The lowest BCUT2D eigenvalue weighted by molar-refractivity contribution is -0.190. The molecule has 1 rings (SSSR count). The summed E-state index contributed by atoms with van der Waals surface area (Å²) >= 11 is 0. The molecule has 1 aliphatic heterocycles. The molecule has 1 saturated heterocycles. The van der Waals surface area contributed by atoms with Crippen LogP contribution in [-0.4, -0.2) is 27.2 Å². The van der Waals surface area contributed by atoms with Crippen LogP contribution >= 0.6 is 0 Å². The van der Waals surface area contributed by atoms with Gasteiger partial charge in [0.05, 0.1) is 7.59 Å². The predicted molar refractivity (Wildman–Crippen MR) is 70.2 cm³/mol. The second kappa shape index (κ2) is 4.12. The van der Waals surface area contributed by atoms with E-state index in [2.05, 4.69) is 32.8 Å². The minimum absolute atomic E-state index is 0.395. The summed E-state index contributed by atoms with van der Waals surface area (Å²) in [6.07, 6.45) is 2.00. The normalized spacial score (nSPS) is 31.8. The summed E-state index contributed by atoms with van der Waals surface area (Å²) in [5, 5.41) is 0. The van der Waals surface area contributed by atoms with E-state index in [0.29, 0.717) is 0 Å². The van der Waals surface area contributed by atoms with Crippen LogP contribution in [0.2, 0.25) is 32.2 Å². The molecule has 92 valence electrons. The van der Waals surface area contributed by atoms with Crippen LogP contribution in [0.25, 0.3) is 0 Å². The van der Waals surface area contributed by atoms with Gasteiger partial charge in [0.2, 0.25) is 5.79 Å². The smallest absolute Gasteiger partial charge is 0.332 e. The Morgan fingerprint density at radius 3 is 2.44 bits per heavy atom. The summed E-state index contributed by atoms with van der Waals surface area (Å²) in [5.74, 6) is -1.13. The minimum atomic E-state index is -1.71. The number of ether oxygens (including phenoxy) is 1. The van der Waals surface area contributed by atoms with Gasteiger partial charge in [-0.2, -0.15) is 0 Å². The Balaban J connectivity index is 2.81. The lowest BCUT2D eigenvalue weighted by atomic mass is 10.2. The number of esters is 1. The molecule has 0 spiro atoms. The molecule has 0 N–H and O–H groups in total. The molecule has 0 aromatic heterocycles. The molecule has 0 aromatic rings. The molecule has 1 heterocycles. The van der Waals surface area contributed by atoms with E-state index < -0.39 is 27.2 Å². The summed E-state index contributed by atoms with van der Waals surface area (Å²) in [4.78, 5) is 11.3. The molecule has 1 atom stereocenters. The van der Waals surface area contributed by atoms with Crippen molar-refractivity contribution in [2.75, 3.05) is 0 Å². The standard InChI is InChI=1S/C11H22O3Si2/c1-7-10(12)13-11(2)8-9-15(3,4)16(5,6)14-11/h7H,1,8-9H2,2-6H3. The van der Waals surface area contributed by atoms with Gasteiger partial charge in [0.25, 0.3) is 0 Å². The number of carbonyl (C=O) groups is 1. The monoisotopic (exact) mass is 258 g/mol. The Kier molecular flexibility index (Phi) is 3.52. The Labute approximate surface area is 99.8 Å². The predicted octanol–water partition coefficient (Wildman–Crippen LogP) is 2.84. The third-order valence-corrected chi connectivity index (χ3v) is 20.3. The molecule has 0 saturated carbocycles. The van der Waals surface area contributed by atoms with E-state index in [1.54, 1.807) is 0 Å². The third-order valence-electron chi connectivity index (χ3n) is 3.79. The van der Waals surface area contributed by atoms with Crippen LogP contribution in [0.4, 0.5) is 0 Å². The average Bonchev–Trinajstić information content (AvgIpc) is 2.12. The molecule has 16 heavy (non-hydrogen) atoms. The Hall–Kier alpha value is -0.396. The van der Waals surface area contributed by atoms with Crippen LogP contribution in [-0.2, 0) is 14.0 Å². The lowest BCUT2D eigenvalue weighted by Crippen LogP contribution is -2.65. The maximum absolute atomic E-state index is 11.3. The van der Waals surface area contributed by atoms with Crippen molar-refractivity contribution >= 4 is 21.4 Å². The topological polar surface area (TPSA) is 35.5 Å². The van der Waals surface area contributed by atoms with Crippen LogP contribution in [0.15, 0.2) is 12.7 Å². The highest BCUT2D eigenvalue weighted by Gasteiger charge is 2.52. The first kappa shape index (κ1) is 13.7. The van der Waals surface area contributed by atoms with Crippen molar-refractivity contribution < 1.29 is 14.0 Å². The van der Waals surface area contributed by atoms with Crippen LogP contribution in [0, 0.1) is 0 Å². The van der Waals surface area contributed by atoms with E-state index in [-0.39, 0.29) is 0 Å². The molecule has 5 heteroatoms. The van der Waals surface area contributed by atoms with Crippen molar-refractivity contribution in [1.82, 2.24) is 0 Å². The highest BCUT2D eigenvalue weighted by Crippen LogP contribution is 2.39. The van der Waals surface area contributed by atoms with E-state index in [1.165, 1.54) is 6.08 Å². The minimum Gasteiger partial charge on any atom is -0.431 e. The van der Waals surface area contributed by atoms with E-state index in [9.17, 15) is 4.79 Å². The fourth-order valence-electron chi connectivity index (χ4n) is 1.90. The van der Waals surface area contributed by atoms with Gasteiger partial charge in [-0.15, -0.1) is 0 Å². The second-order valence-corrected chi connectivity index (χ2v) is 20.9. The van der Waals surface area contributed by atoms with Gasteiger partial charge in [0, 0.05) is 19.4 Å². The molecule has 3 nitrogen and oxygen atoms in total. The molecule has 1 fully saturated rings. The summed E-state index contributed by atoms with van der Waals surface area (Å²) in [5.41, 5.74) is 0. The lowest BCUT2D eigenvalue weighted by Gasteiger charge is -2.49. The van der Waals surface area contributed by atoms with Gasteiger partial charge in [-0.25, -0.2) is 4.79 Å². The van der Waals surface area contributed by atoms with Crippen molar-refractivity contribution in [1.29, 1.82) is 0 Å². The second-order valence-electron chi connectivity index (χ2n) is 5.76. The molecular formula is C11H22O3Si2. The SMILES string of the molecule is C=CC(=O)OC1(C)CC[Si](C)(C)[Si](C)(C)O1. The number of hydrogen-bond acceptors (Lipinski definition) is 3. The number of hydrogen-bond donors (Lipinski definition) is 0. The molecule has 0 aromatic carbocycles. The van der Waals surface area contributed by atoms with Gasteiger partial charge in [0.1, 0.15) is 0 Å². The van der Waals surface area contributed by atoms with Crippen LogP contribution in [0.1, 0.15) is 13.3 Å². The molecule has 1 aliphatic rings. The van der Waals surface area contributed by atoms with Gasteiger partial charge in [-0.1, -0.05) is 25.7 Å². The third kappa shape index (κ3) is 2.64. The Morgan fingerprint density at radius 2 is 2.00 bits per heavy atom. The molecule has 0 radical (unpaired) electrons. The highest BCUT2D eigenvalue weighted by atomic mass is 29.3. The molecule has 0 amide bonds. The van der Waals surface area contributed by atoms with Crippen molar-refractivity contribution in [2.45, 2.75) is 51.4 Å². The first-order valence-corrected chi connectivity index (χ1v) is 12.8. The van der Waals surface area contributed by atoms with E-state index in [1.807, 2.05) is 6.92 Å². The van der Waals surface area contributed by atoms with Crippen molar-refractivity contribution in [2.24, 2.45) is 0 Å². The van der Waals surface area contributed by atoms with Gasteiger partial charge in [-0.05, 0) is 13.1 Å². The van der Waals surface area contributed by atoms with Crippen molar-refractivity contribution in [3.05, 3.63) is 12.7 Å². The van der Waals surface area contributed by atoms with Crippen molar-refractivity contribution in [3.8, 4) is 0 Å². The van der Waals surface area contributed by atoms with Gasteiger partial charge < -0.3 is 9.16 Å². The summed E-state index contributed by atoms with van der Waals surface area (Å²) in [7, 11) is -2.97. The van der Waals surface area contributed by atoms with Gasteiger partial charge >= 0.3 is 5.97 Å². The van der Waals surface area contributed by atoms with E-state index in [4.69, 9.17) is 9.16 Å². The van der Waals surface area contributed by atoms with Crippen molar-refractivity contribution in [3.63, 3.8) is 0 Å². The fourth-order valence-corrected chi connectivity index (χ4v) is 8.73. The molecule has 0 bridgehead atoms. The first-order chi connectivity index (χ1) is 7.12. The zero-order chi connectivity index (χ0) is 12.6. The highest BCUT2D eigenvalue weighted by molar-refractivity contribution is 7.38. The Bertz CT molecular complexity index is 312. The molecular weight excluding hydrogens is 236 g/mol. The van der Waals surface area contributed by atoms with E-state index >= 15 is 0 Å². The Morgan fingerprint density at radius 1 is 1.44 bits per heavy atom. The number of rotatable bonds is 2. The largest absolute Gasteiger partial charge is 0.431 e. The quantitative estimate of drug-likeness (QED) is 0.434. The zero-order valence-electron chi connectivity index (χ0n) is 10.9. The maximum atomic E-state index is 11.3. The fraction of sp³-hybridized carbons (Fsp3) is 0.727. The van der Waals surface area contributed by atoms with Crippen LogP contribution in [0.5, 0.6) is 0 Å². The summed E-state index contributed by atoms with van der Waals surface area (Å²) in [6, 6.07) is 1.16. The first-order valence-electron chi connectivity index (χ1n) is 5.67. The average molecular weight is 258 g/mol. The molecule has 0 aliphatic carbocycles. The summed E-state index contributed by atoms with van der Waals surface area (Å²) < 4.78 is 11.5.